The van der Waals surface area contributed by atoms with Gasteiger partial charge in [0.2, 0.25) is 0 Å². The van der Waals surface area contributed by atoms with Crippen LogP contribution < -0.4 is 5.32 Å². The van der Waals surface area contributed by atoms with Crippen molar-refractivity contribution in [1.29, 1.82) is 0 Å². The van der Waals surface area contributed by atoms with Crippen LogP contribution in [0.2, 0.25) is 5.02 Å². The highest BCUT2D eigenvalue weighted by Crippen LogP contribution is 2.09. The zero-order valence-corrected chi connectivity index (χ0v) is 10.3. The molecule has 6 nitrogen and oxygen atoms in total. The van der Waals surface area contributed by atoms with Gasteiger partial charge in [-0.05, 0) is 12.1 Å². The second-order valence-electron chi connectivity index (χ2n) is 3.72. The Bertz CT molecular complexity index is 443. The summed E-state index contributed by atoms with van der Waals surface area (Å²) in [6.45, 7) is 1.77. The monoisotopic (exact) mass is 269 g/mol. The summed E-state index contributed by atoms with van der Waals surface area (Å²) in [5.41, 5.74) is 0. The molecule has 0 aromatic carbocycles. The smallest absolute Gasteiger partial charge is 0.315 e. The lowest BCUT2D eigenvalue weighted by atomic mass is 10.3. The first-order chi connectivity index (χ1) is 8.66. The molecule has 0 saturated carbocycles. The van der Waals surface area contributed by atoms with E-state index in [1.165, 1.54) is 17.2 Å². The van der Waals surface area contributed by atoms with Crippen molar-refractivity contribution in [1.82, 2.24) is 9.88 Å². The molecule has 1 aromatic rings. The van der Waals surface area contributed by atoms with Gasteiger partial charge in [0.05, 0.1) is 18.2 Å². The van der Waals surface area contributed by atoms with Crippen LogP contribution in [0.25, 0.3) is 0 Å². The third-order valence-corrected chi connectivity index (χ3v) is 2.69. The molecule has 1 aromatic heterocycles. The van der Waals surface area contributed by atoms with Crippen LogP contribution in [0.4, 0.5) is 5.82 Å². The summed E-state index contributed by atoms with van der Waals surface area (Å²) in [5, 5.41) is 2.89. The number of aromatic nitrogens is 1. The van der Waals surface area contributed by atoms with Crippen molar-refractivity contribution < 1.29 is 14.3 Å². The number of nitrogens with zero attached hydrogens (tertiary/aromatic N) is 2. The second kappa shape index (κ2) is 5.79. The number of morpholine rings is 1. The molecule has 2 amide bonds. The van der Waals surface area contributed by atoms with E-state index in [-0.39, 0.29) is 0 Å². The average Bonchev–Trinajstić information content (AvgIpc) is 2.41. The number of amides is 2. The number of carbonyl (C=O) groups excluding carboxylic acids is 2. The maximum Gasteiger partial charge on any atom is 0.315 e. The van der Waals surface area contributed by atoms with E-state index < -0.39 is 11.8 Å². The van der Waals surface area contributed by atoms with Crippen LogP contribution in [0.1, 0.15) is 0 Å². The molecule has 1 aliphatic rings. The number of hydrogen-bond donors (Lipinski definition) is 1. The molecule has 2 heterocycles. The lowest BCUT2D eigenvalue weighted by Gasteiger charge is -2.25. The Hall–Kier alpha value is -1.66. The van der Waals surface area contributed by atoms with Crippen molar-refractivity contribution in [3.63, 3.8) is 0 Å². The first kappa shape index (κ1) is 12.8. The highest BCUT2D eigenvalue weighted by molar-refractivity contribution is 6.39. The Morgan fingerprint density at radius 3 is 2.67 bits per heavy atom. The molecular formula is C11H12ClN3O3. The van der Waals surface area contributed by atoms with Gasteiger partial charge in [-0.2, -0.15) is 0 Å². The van der Waals surface area contributed by atoms with Crippen molar-refractivity contribution in [2.75, 3.05) is 31.6 Å². The van der Waals surface area contributed by atoms with Gasteiger partial charge in [-0.3, -0.25) is 9.59 Å². The van der Waals surface area contributed by atoms with Crippen molar-refractivity contribution in [2.45, 2.75) is 0 Å². The molecule has 1 N–H and O–H groups in total. The van der Waals surface area contributed by atoms with Crippen LogP contribution >= 0.6 is 11.6 Å². The van der Waals surface area contributed by atoms with E-state index >= 15 is 0 Å². The quantitative estimate of drug-likeness (QED) is 0.755. The molecule has 7 heteroatoms. The molecule has 0 unspecified atom stereocenters. The van der Waals surface area contributed by atoms with Crippen molar-refractivity contribution in [2.24, 2.45) is 0 Å². The van der Waals surface area contributed by atoms with Gasteiger partial charge in [0, 0.05) is 19.3 Å². The summed E-state index contributed by atoms with van der Waals surface area (Å²) in [4.78, 5) is 28.8. The molecule has 2 rings (SSSR count). The molecule has 0 radical (unpaired) electrons. The van der Waals surface area contributed by atoms with Crippen molar-refractivity contribution >= 4 is 29.2 Å². The molecule has 18 heavy (non-hydrogen) atoms. The highest BCUT2D eigenvalue weighted by Gasteiger charge is 2.23. The first-order valence-electron chi connectivity index (χ1n) is 5.46. The maximum absolute atomic E-state index is 11.8. The van der Waals surface area contributed by atoms with Crippen molar-refractivity contribution in [3.05, 3.63) is 23.4 Å². The zero-order chi connectivity index (χ0) is 13.0. The van der Waals surface area contributed by atoms with Crippen LogP contribution in [0, 0.1) is 0 Å². The molecule has 0 atom stereocenters. The molecule has 0 aliphatic carbocycles. The standard InChI is InChI=1S/C11H12ClN3O3/c12-8-1-2-9(13-7-8)14-10(16)11(17)15-3-5-18-6-4-15/h1-2,7H,3-6H2,(H,13,14,16). The maximum atomic E-state index is 11.8. The summed E-state index contributed by atoms with van der Waals surface area (Å²) in [7, 11) is 0. The lowest BCUT2D eigenvalue weighted by Crippen LogP contribution is -2.45. The molecule has 1 fully saturated rings. The van der Waals surface area contributed by atoms with Gasteiger partial charge in [0.1, 0.15) is 5.82 Å². The Kier molecular flexibility index (Phi) is 4.11. The minimum Gasteiger partial charge on any atom is -0.378 e. The molecule has 0 bridgehead atoms. The summed E-state index contributed by atoms with van der Waals surface area (Å²) >= 11 is 5.67. The normalized spacial score (nSPS) is 15.3. The number of halogens is 1. The largest absolute Gasteiger partial charge is 0.378 e. The molecule has 1 saturated heterocycles. The third kappa shape index (κ3) is 3.18. The van der Waals surface area contributed by atoms with Crippen LogP contribution in [-0.2, 0) is 14.3 Å². The van der Waals surface area contributed by atoms with Gasteiger partial charge in [-0.15, -0.1) is 0 Å². The number of carbonyl (C=O) groups is 2. The lowest BCUT2D eigenvalue weighted by molar-refractivity contribution is -0.145. The fourth-order valence-electron chi connectivity index (χ4n) is 1.53. The van der Waals surface area contributed by atoms with Gasteiger partial charge in [0.25, 0.3) is 0 Å². The minimum atomic E-state index is -0.702. The first-order valence-corrected chi connectivity index (χ1v) is 5.84. The fourth-order valence-corrected chi connectivity index (χ4v) is 1.64. The molecule has 96 valence electrons. The van der Waals surface area contributed by atoms with Crippen LogP contribution in [-0.4, -0.2) is 48.0 Å². The van der Waals surface area contributed by atoms with E-state index in [0.29, 0.717) is 37.1 Å². The van der Waals surface area contributed by atoms with E-state index in [0.717, 1.165) is 0 Å². The Morgan fingerprint density at radius 2 is 2.06 bits per heavy atom. The average molecular weight is 270 g/mol. The second-order valence-corrected chi connectivity index (χ2v) is 4.16. The fraction of sp³-hybridized carbons (Fsp3) is 0.364. The van der Waals surface area contributed by atoms with E-state index in [9.17, 15) is 9.59 Å². The third-order valence-electron chi connectivity index (χ3n) is 2.46. The molecular weight excluding hydrogens is 258 g/mol. The van der Waals surface area contributed by atoms with Gasteiger partial charge >= 0.3 is 11.8 Å². The predicted octanol–water partition coefficient (Wildman–Crippen LogP) is 0.532. The summed E-state index contributed by atoms with van der Waals surface area (Å²) < 4.78 is 5.11. The molecule has 0 spiro atoms. The van der Waals surface area contributed by atoms with E-state index in [1.807, 2.05) is 0 Å². The Labute approximate surface area is 109 Å². The minimum absolute atomic E-state index is 0.297. The van der Waals surface area contributed by atoms with E-state index in [2.05, 4.69) is 10.3 Å². The predicted molar refractivity (Wildman–Crippen MR) is 65.3 cm³/mol. The Balaban J connectivity index is 1.94. The summed E-state index contributed by atoms with van der Waals surface area (Å²) in [6.07, 6.45) is 1.40. The number of anilines is 1. The highest BCUT2D eigenvalue weighted by atomic mass is 35.5. The van der Waals surface area contributed by atoms with Gasteiger partial charge in [0.15, 0.2) is 0 Å². The number of nitrogens with one attached hydrogen (secondary N) is 1. The van der Waals surface area contributed by atoms with E-state index in [4.69, 9.17) is 16.3 Å². The van der Waals surface area contributed by atoms with Gasteiger partial charge in [-0.1, -0.05) is 11.6 Å². The van der Waals surface area contributed by atoms with Crippen LogP contribution in [0.3, 0.4) is 0 Å². The number of ether oxygens (including phenoxy) is 1. The Morgan fingerprint density at radius 1 is 1.33 bits per heavy atom. The van der Waals surface area contributed by atoms with Gasteiger partial charge < -0.3 is 15.0 Å². The van der Waals surface area contributed by atoms with Crippen molar-refractivity contribution in [3.8, 4) is 0 Å². The summed E-state index contributed by atoms with van der Waals surface area (Å²) in [6, 6.07) is 3.12. The number of pyridine rings is 1. The zero-order valence-electron chi connectivity index (χ0n) is 9.56. The molecule has 1 aliphatic heterocycles. The summed E-state index contributed by atoms with van der Waals surface area (Å²) in [5.74, 6) is -0.979. The topological polar surface area (TPSA) is 71.5 Å². The van der Waals surface area contributed by atoms with Crippen LogP contribution in [0.5, 0.6) is 0 Å². The SMILES string of the molecule is O=C(Nc1ccc(Cl)cn1)C(=O)N1CCOCC1. The number of rotatable bonds is 1. The van der Waals surface area contributed by atoms with E-state index in [1.54, 1.807) is 6.07 Å². The van der Waals surface area contributed by atoms with Crippen LogP contribution in [0.15, 0.2) is 18.3 Å². The van der Waals surface area contributed by atoms with Gasteiger partial charge in [-0.25, -0.2) is 4.98 Å². The number of hydrogen-bond acceptors (Lipinski definition) is 4.